The van der Waals surface area contributed by atoms with Gasteiger partial charge in [-0.3, -0.25) is 4.79 Å². The van der Waals surface area contributed by atoms with Crippen LogP contribution < -0.4 is 10.2 Å². The van der Waals surface area contributed by atoms with E-state index in [9.17, 15) is 4.79 Å². The Labute approximate surface area is 166 Å². The number of benzene rings is 1. The zero-order chi connectivity index (χ0) is 19.0. The number of rotatable bonds is 4. The lowest BCUT2D eigenvalue weighted by atomic mass is 10.2. The number of nitrogens with one attached hydrogen (secondary N) is 1. The summed E-state index contributed by atoms with van der Waals surface area (Å²) in [6, 6.07) is 4.07. The molecule has 2 aromatic heterocycles. The summed E-state index contributed by atoms with van der Waals surface area (Å²) in [7, 11) is 0. The number of aromatic nitrogens is 2. The lowest BCUT2D eigenvalue weighted by Crippen LogP contribution is -2.36. The summed E-state index contributed by atoms with van der Waals surface area (Å²) < 4.78 is 6.53. The predicted octanol–water partition coefficient (Wildman–Crippen LogP) is 3.70. The van der Waals surface area contributed by atoms with Gasteiger partial charge in [0.05, 0.1) is 35.2 Å². The average Bonchev–Trinajstić information content (AvgIpc) is 3.30. The van der Waals surface area contributed by atoms with Crippen molar-refractivity contribution in [2.45, 2.75) is 26.8 Å². The number of hydrogen-bond acceptors (Lipinski definition) is 7. The highest BCUT2D eigenvalue weighted by molar-refractivity contribution is 7.21. The van der Waals surface area contributed by atoms with Gasteiger partial charge in [0.1, 0.15) is 5.01 Å². The van der Waals surface area contributed by atoms with Gasteiger partial charge in [-0.15, -0.1) is 22.7 Å². The van der Waals surface area contributed by atoms with Crippen molar-refractivity contribution < 1.29 is 9.53 Å². The summed E-state index contributed by atoms with van der Waals surface area (Å²) in [5.74, 6) is -0.149. The molecule has 1 aliphatic rings. The van der Waals surface area contributed by atoms with E-state index in [2.05, 4.69) is 32.3 Å². The molecule has 0 aliphatic carbocycles. The number of thiazole rings is 2. The fraction of sp³-hybridized carbons (Fsp3) is 0.421. The van der Waals surface area contributed by atoms with Gasteiger partial charge in [0.15, 0.2) is 5.01 Å². The maximum absolute atomic E-state index is 12.8. The lowest BCUT2D eigenvalue weighted by molar-refractivity contribution is 0.0939. The average molecular weight is 403 g/mol. The molecule has 0 radical (unpaired) electrons. The number of carbonyl (C=O) groups excluding carboxylic acids is 1. The van der Waals surface area contributed by atoms with Crippen LogP contribution in [0.2, 0.25) is 0 Å². The maximum Gasteiger partial charge on any atom is 0.280 e. The molecular weight excluding hydrogens is 380 g/mol. The van der Waals surface area contributed by atoms with Crippen LogP contribution in [0.25, 0.3) is 10.2 Å². The molecule has 3 heterocycles. The van der Waals surface area contributed by atoms with E-state index in [0.29, 0.717) is 5.01 Å². The third-order valence-corrected chi connectivity index (χ3v) is 6.85. The van der Waals surface area contributed by atoms with Gasteiger partial charge in [-0.05, 0) is 32.4 Å². The first-order valence-electron chi connectivity index (χ1n) is 8.98. The Bertz CT molecular complexity index is 975. The number of aryl methyl sites for hydroxylation is 2. The van der Waals surface area contributed by atoms with Crippen LogP contribution in [0.5, 0.6) is 0 Å². The van der Waals surface area contributed by atoms with Crippen LogP contribution in [0.3, 0.4) is 0 Å². The van der Waals surface area contributed by atoms with Crippen molar-refractivity contribution >= 4 is 44.5 Å². The zero-order valence-electron chi connectivity index (χ0n) is 15.6. The number of nitrogens with zero attached hydrogens (tertiary/aromatic N) is 3. The minimum Gasteiger partial charge on any atom is -0.378 e. The second kappa shape index (κ2) is 7.53. The summed E-state index contributed by atoms with van der Waals surface area (Å²) in [5, 5.41) is 6.43. The Morgan fingerprint density at radius 1 is 1.26 bits per heavy atom. The van der Waals surface area contributed by atoms with Crippen molar-refractivity contribution in [1.29, 1.82) is 0 Å². The van der Waals surface area contributed by atoms with Crippen molar-refractivity contribution in [1.82, 2.24) is 15.3 Å². The largest absolute Gasteiger partial charge is 0.378 e. The monoisotopic (exact) mass is 402 g/mol. The Morgan fingerprint density at radius 2 is 2.04 bits per heavy atom. The van der Waals surface area contributed by atoms with Crippen LogP contribution in [-0.2, 0) is 4.74 Å². The van der Waals surface area contributed by atoms with Gasteiger partial charge in [-0.2, -0.15) is 0 Å². The van der Waals surface area contributed by atoms with E-state index in [0.717, 1.165) is 58.5 Å². The Balaban J connectivity index is 1.62. The normalized spacial score (nSPS) is 15.9. The van der Waals surface area contributed by atoms with Crippen LogP contribution in [0.1, 0.15) is 39.0 Å². The van der Waals surface area contributed by atoms with Crippen LogP contribution in [0.4, 0.5) is 5.69 Å². The number of ether oxygens (including phenoxy) is 1. The molecule has 27 heavy (non-hydrogen) atoms. The van der Waals surface area contributed by atoms with Gasteiger partial charge >= 0.3 is 0 Å². The first-order chi connectivity index (χ1) is 13.0. The fourth-order valence-corrected chi connectivity index (χ4v) is 5.05. The molecule has 1 amide bonds. The quantitative estimate of drug-likeness (QED) is 0.721. The topological polar surface area (TPSA) is 67.4 Å². The minimum absolute atomic E-state index is 0.136. The smallest absolute Gasteiger partial charge is 0.280 e. The molecule has 1 atom stereocenters. The SMILES string of the molecule is Cc1csc(C(C)NC(=O)c2nc3c(C)ccc(N4CCOCC4)c3s2)n1. The molecule has 6 nitrogen and oxygen atoms in total. The van der Waals surface area contributed by atoms with Crippen LogP contribution in [-0.4, -0.2) is 42.2 Å². The molecule has 8 heteroatoms. The molecule has 0 bridgehead atoms. The first kappa shape index (κ1) is 18.3. The zero-order valence-corrected chi connectivity index (χ0v) is 17.2. The molecule has 1 saturated heterocycles. The molecule has 3 aromatic rings. The standard InChI is InChI=1S/C19H22N4O2S2/c1-11-4-5-14(23-6-8-25-9-7-23)16-15(11)22-19(27-16)17(24)21-13(3)18-20-12(2)10-26-18/h4-5,10,13H,6-9H2,1-3H3,(H,21,24). The maximum atomic E-state index is 12.8. The molecule has 1 aromatic carbocycles. The second-order valence-electron chi connectivity index (χ2n) is 6.72. The van der Waals surface area contributed by atoms with E-state index in [1.807, 2.05) is 26.2 Å². The molecule has 0 saturated carbocycles. The summed E-state index contributed by atoms with van der Waals surface area (Å²) in [4.78, 5) is 24.2. The third kappa shape index (κ3) is 3.69. The van der Waals surface area contributed by atoms with Crippen molar-refractivity contribution in [2.24, 2.45) is 0 Å². The molecule has 142 valence electrons. The molecular formula is C19H22N4O2S2. The molecule has 1 fully saturated rings. The van der Waals surface area contributed by atoms with E-state index < -0.39 is 0 Å². The van der Waals surface area contributed by atoms with Crippen molar-refractivity contribution in [3.8, 4) is 0 Å². The van der Waals surface area contributed by atoms with Gasteiger partial charge in [0.25, 0.3) is 5.91 Å². The molecule has 1 unspecified atom stereocenters. The van der Waals surface area contributed by atoms with Crippen LogP contribution in [0, 0.1) is 13.8 Å². The van der Waals surface area contributed by atoms with E-state index in [1.165, 1.54) is 11.3 Å². The number of carbonyl (C=O) groups is 1. The summed E-state index contributed by atoms with van der Waals surface area (Å²) in [5.41, 5.74) is 4.11. The van der Waals surface area contributed by atoms with Gasteiger partial charge in [0, 0.05) is 24.2 Å². The summed E-state index contributed by atoms with van der Waals surface area (Å²) in [6.07, 6.45) is 0. The first-order valence-corrected chi connectivity index (χ1v) is 10.7. The third-order valence-electron chi connectivity index (χ3n) is 4.63. The number of hydrogen-bond donors (Lipinski definition) is 1. The van der Waals surface area contributed by atoms with E-state index >= 15 is 0 Å². The van der Waals surface area contributed by atoms with Gasteiger partial charge in [-0.25, -0.2) is 9.97 Å². The van der Waals surface area contributed by atoms with Crippen molar-refractivity contribution in [3.05, 3.63) is 38.8 Å². The number of morpholine rings is 1. The Hall–Kier alpha value is -2.03. The second-order valence-corrected chi connectivity index (χ2v) is 8.61. The predicted molar refractivity (Wildman–Crippen MR) is 110 cm³/mol. The molecule has 1 N–H and O–H groups in total. The highest BCUT2D eigenvalue weighted by Gasteiger charge is 2.21. The molecule has 1 aliphatic heterocycles. The van der Waals surface area contributed by atoms with Crippen LogP contribution in [0.15, 0.2) is 17.5 Å². The highest BCUT2D eigenvalue weighted by Crippen LogP contribution is 2.34. The van der Waals surface area contributed by atoms with Crippen molar-refractivity contribution in [2.75, 3.05) is 31.2 Å². The van der Waals surface area contributed by atoms with E-state index in [-0.39, 0.29) is 11.9 Å². The van der Waals surface area contributed by atoms with E-state index in [4.69, 9.17) is 4.74 Å². The Kier molecular flexibility index (Phi) is 5.12. The number of fused-ring (bicyclic) bond motifs is 1. The highest BCUT2D eigenvalue weighted by atomic mass is 32.1. The summed E-state index contributed by atoms with van der Waals surface area (Å²) >= 11 is 3.02. The molecule has 0 spiro atoms. The van der Waals surface area contributed by atoms with Crippen molar-refractivity contribution in [3.63, 3.8) is 0 Å². The van der Waals surface area contributed by atoms with Gasteiger partial charge in [0.2, 0.25) is 0 Å². The molecule has 4 rings (SSSR count). The summed E-state index contributed by atoms with van der Waals surface area (Å²) in [6.45, 7) is 9.12. The van der Waals surface area contributed by atoms with Crippen LogP contribution >= 0.6 is 22.7 Å². The van der Waals surface area contributed by atoms with E-state index in [1.54, 1.807) is 11.3 Å². The number of anilines is 1. The van der Waals surface area contributed by atoms with Gasteiger partial charge < -0.3 is 15.0 Å². The number of amides is 1. The fourth-order valence-electron chi connectivity index (χ4n) is 3.16. The Morgan fingerprint density at radius 3 is 2.74 bits per heavy atom. The van der Waals surface area contributed by atoms with Gasteiger partial charge in [-0.1, -0.05) is 6.07 Å². The minimum atomic E-state index is -0.149. The lowest BCUT2D eigenvalue weighted by Gasteiger charge is -2.29.